The van der Waals surface area contributed by atoms with Crippen LogP contribution in [-0.2, 0) is 10.0 Å². The fourth-order valence-electron chi connectivity index (χ4n) is 1.82. The summed E-state index contributed by atoms with van der Waals surface area (Å²) in [5.41, 5.74) is 0. The zero-order valence-corrected chi connectivity index (χ0v) is 13.9. The van der Waals surface area contributed by atoms with E-state index in [1.807, 2.05) is 13.8 Å². The molecule has 0 aliphatic rings. The summed E-state index contributed by atoms with van der Waals surface area (Å²) in [4.78, 5) is 0. The molecule has 0 amide bonds. The molecular formula is C13H20ClNO3S2. The number of aliphatic hydroxyl groups excluding tert-OH is 1. The van der Waals surface area contributed by atoms with E-state index >= 15 is 0 Å². The predicted molar refractivity (Wildman–Crippen MR) is 83.7 cm³/mol. The van der Waals surface area contributed by atoms with Crippen molar-refractivity contribution in [1.29, 1.82) is 0 Å². The summed E-state index contributed by atoms with van der Waals surface area (Å²) in [6.45, 7) is 7.43. The van der Waals surface area contributed by atoms with Crippen molar-refractivity contribution in [3.8, 4) is 0 Å². The number of hydrogen-bond donors (Lipinski definition) is 2. The maximum atomic E-state index is 12.3. The summed E-state index contributed by atoms with van der Waals surface area (Å²) in [6.07, 6.45) is 1.87. The van der Waals surface area contributed by atoms with Gasteiger partial charge in [-0.2, -0.15) is 0 Å². The molecule has 0 bridgehead atoms. The van der Waals surface area contributed by atoms with E-state index < -0.39 is 22.2 Å². The Kier molecular flexibility index (Phi) is 6.68. The van der Waals surface area contributed by atoms with Gasteiger partial charge in [0.2, 0.25) is 10.0 Å². The Bertz CT molecular complexity index is 542. The highest BCUT2D eigenvalue weighted by molar-refractivity contribution is 7.91. The second-order valence-electron chi connectivity index (χ2n) is 4.68. The van der Waals surface area contributed by atoms with Crippen LogP contribution in [0.2, 0.25) is 4.34 Å². The third-order valence-corrected chi connectivity index (χ3v) is 6.37. The fourth-order valence-corrected chi connectivity index (χ4v) is 4.70. The summed E-state index contributed by atoms with van der Waals surface area (Å²) in [6, 6.07) is 2.45. The number of thiophene rings is 1. The van der Waals surface area contributed by atoms with Crippen LogP contribution in [0.25, 0.3) is 0 Å². The molecule has 0 aliphatic heterocycles. The number of rotatable bonds is 8. The fraction of sp³-hybridized carbons (Fsp3) is 0.538. The van der Waals surface area contributed by atoms with E-state index in [-0.39, 0.29) is 10.1 Å². The maximum Gasteiger partial charge on any atom is 0.250 e. The van der Waals surface area contributed by atoms with Gasteiger partial charge < -0.3 is 5.11 Å². The molecule has 2 unspecified atom stereocenters. The molecule has 0 saturated heterocycles. The summed E-state index contributed by atoms with van der Waals surface area (Å²) in [5, 5.41) is 10.1. The molecule has 7 heteroatoms. The van der Waals surface area contributed by atoms with E-state index in [9.17, 15) is 13.5 Å². The van der Waals surface area contributed by atoms with Crippen LogP contribution in [0, 0.1) is 5.92 Å². The van der Waals surface area contributed by atoms with Crippen LogP contribution >= 0.6 is 22.9 Å². The summed E-state index contributed by atoms with van der Waals surface area (Å²) in [5.74, 6) is 0.00941. The van der Waals surface area contributed by atoms with Crippen molar-refractivity contribution in [2.75, 3.05) is 0 Å². The average Bonchev–Trinajstić information content (AvgIpc) is 2.83. The van der Waals surface area contributed by atoms with Crippen molar-refractivity contribution in [3.63, 3.8) is 0 Å². The van der Waals surface area contributed by atoms with Crippen LogP contribution in [0.1, 0.15) is 26.7 Å². The molecule has 0 saturated carbocycles. The third kappa shape index (κ3) is 4.56. The molecule has 114 valence electrons. The van der Waals surface area contributed by atoms with Gasteiger partial charge in [0.15, 0.2) is 0 Å². The molecule has 2 N–H and O–H groups in total. The first-order chi connectivity index (χ1) is 9.31. The van der Waals surface area contributed by atoms with E-state index in [1.54, 1.807) is 12.1 Å². The monoisotopic (exact) mass is 337 g/mol. The van der Waals surface area contributed by atoms with Crippen LogP contribution in [0.3, 0.4) is 0 Å². The number of nitrogens with one attached hydrogen (secondary N) is 1. The lowest BCUT2D eigenvalue weighted by molar-refractivity contribution is 0.114. The lowest BCUT2D eigenvalue weighted by atomic mass is 9.94. The van der Waals surface area contributed by atoms with E-state index in [1.165, 1.54) is 6.07 Å². The number of halogens is 1. The largest absolute Gasteiger partial charge is 0.391 e. The lowest BCUT2D eigenvalue weighted by Gasteiger charge is -2.28. The smallest absolute Gasteiger partial charge is 0.250 e. The molecule has 1 aromatic rings. The van der Waals surface area contributed by atoms with Gasteiger partial charge in [-0.25, -0.2) is 13.1 Å². The molecule has 1 heterocycles. The average molecular weight is 338 g/mol. The zero-order chi connectivity index (χ0) is 15.3. The van der Waals surface area contributed by atoms with Crippen LogP contribution < -0.4 is 4.72 Å². The molecule has 0 fully saturated rings. The second-order valence-corrected chi connectivity index (χ2v) is 8.34. The van der Waals surface area contributed by atoms with E-state index in [2.05, 4.69) is 11.3 Å². The minimum absolute atomic E-state index is 0.00941. The molecule has 1 aromatic heterocycles. The van der Waals surface area contributed by atoms with Gasteiger partial charge in [0.05, 0.1) is 16.5 Å². The van der Waals surface area contributed by atoms with Crippen LogP contribution in [-0.4, -0.2) is 25.7 Å². The molecule has 0 spiro atoms. The summed E-state index contributed by atoms with van der Waals surface area (Å²) in [7, 11) is -3.67. The maximum absolute atomic E-state index is 12.3. The van der Waals surface area contributed by atoms with Crippen molar-refractivity contribution in [1.82, 2.24) is 4.72 Å². The molecule has 20 heavy (non-hydrogen) atoms. The number of aliphatic hydroxyl groups is 1. The molecule has 0 aliphatic carbocycles. The van der Waals surface area contributed by atoms with Crippen LogP contribution in [0.15, 0.2) is 29.0 Å². The molecule has 1 rings (SSSR count). The standard InChI is InChI=1S/C13H20ClNO3S2/c1-4-6-10(16)13(9(3)5-2)15-20(17,18)12-8-7-11(14)19-12/h4,7-10,13,15-16H,1,5-6H2,2-3H3/t9-,10?,13?/m0/s1. The Hall–Kier alpha value is -0.400. The normalized spacial score (nSPS) is 16.6. The van der Waals surface area contributed by atoms with Gasteiger partial charge in [-0.15, -0.1) is 17.9 Å². The Labute approximate surface area is 129 Å². The summed E-state index contributed by atoms with van der Waals surface area (Å²) < 4.78 is 27.7. The van der Waals surface area contributed by atoms with Gasteiger partial charge in [-0.05, 0) is 24.5 Å². The molecule has 4 nitrogen and oxygen atoms in total. The topological polar surface area (TPSA) is 66.4 Å². The first-order valence-electron chi connectivity index (χ1n) is 6.38. The quantitative estimate of drug-likeness (QED) is 0.716. The van der Waals surface area contributed by atoms with E-state index in [4.69, 9.17) is 11.6 Å². The highest BCUT2D eigenvalue weighted by atomic mass is 35.5. The predicted octanol–water partition coefficient (Wildman–Crippen LogP) is 3.03. The minimum Gasteiger partial charge on any atom is -0.391 e. The van der Waals surface area contributed by atoms with Crippen molar-refractivity contribution in [2.45, 2.75) is 43.0 Å². The molecule has 0 radical (unpaired) electrons. The Morgan fingerprint density at radius 2 is 2.20 bits per heavy atom. The van der Waals surface area contributed by atoms with E-state index in [0.717, 1.165) is 17.8 Å². The van der Waals surface area contributed by atoms with Crippen molar-refractivity contribution >= 4 is 33.0 Å². The van der Waals surface area contributed by atoms with Gasteiger partial charge in [0.1, 0.15) is 4.21 Å². The molecule has 3 atom stereocenters. The Morgan fingerprint density at radius 1 is 1.55 bits per heavy atom. The first-order valence-corrected chi connectivity index (χ1v) is 9.06. The second kappa shape index (κ2) is 7.56. The third-order valence-electron chi connectivity index (χ3n) is 3.18. The van der Waals surface area contributed by atoms with Crippen molar-refractivity contribution in [2.24, 2.45) is 5.92 Å². The number of hydrogen-bond acceptors (Lipinski definition) is 4. The lowest BCUT2D eigenvalue weighted by Crippen LogP contribution is -2.46. The highest BCUT2D eigenvalue weighted by Gasteiger charge is 2.29. The van der Waals surface area contributed by atoms with Gasteiger partial charge >= 0.3 is 0 Å². The van der Waals surface area contributed by atoms with Crippen LogP contribution in [0.5, 0.6) is 0 Å². The molecular weight excluding hydrogens is 318 g/mol. The van der Waals surface area contributed by atoms with Gasteiger partial charge in [-0.1, -0.05) is 37.9 Å². The number of sulfonamides is 1. The zero-order valence-electron chi connectivity index (χ0n) is 11.5. The van der Waals surface area contributed by atoms with Crippen molar-refractivity contribution < 1.29 is 13.5 Å². The van der Waals surface area contributed by atoms with Gasteiger partial charge in [0.25, 0.3) is 0 Å². The first kappa shape index (κ1) is 17.7. The highest BCUT2D eigenvalue weighted by Crippen LogP contribution is 2.26. The van der Waals surface area contributed by atoms with Gasteiger partial charge in [0, 0.05) is 0 Å². The Balaban J connectivity index is 2.96. The van der Waals surface area contributed by atoms with Crippen LogP contribution in [0.4, 0.5) is 0 Å². The van der Waals surface area contributed by atoms with Gasteiger partial charge in [-0.3, -0.25) is 0 Å². The Morgan fingerprint density at radius 3 is 2.65 bits per heavy atom. The summed E-state index contributed by atoms with van der Waals surface area (Å²) >= 11 is 6.76. The molecule has 0 aromatic carbocycles. The van der Waals surface area contributed by atoms with E-state index in [0.29, 0.717) is 10.8 Å². The van der Waals surface area contributed by atoms with Crippen molar-refractivity contribution in [3.05, 3.63) is 29.1 Å². The minimum atomic E-state index is -3.67. The SMILES string of the molecule is C=CCC(O)C(NS(=O)(=O)c1ccc(Cl)s1)[C@@H](C)CC.